The molecule has 0 aliphatic heterocycles. The van der Waals surface area contributed by atoms with E-state index < -0.39 is 6.61 Å². The van der Waals surface area contributed by atoms with E-state index >= 15 is 0 Å². The van der Waals surface area contributed by atoms with Gasteiger partial charge in [-0.2, -0.15) is 8.78 Å². The summed E-state index contributed by atoms with van der Waals surface area (Å²) in [4.78, 5) is 3.93. The summed E-state index contributed by atoms with van der Waals surface area (Å²) < 4.78 is 28.9. The first kappa shape index (κ1) is 13.3. The highest BCUT2D eigenvalue weighted by atomic mass is 19.3. The lowest BCUT2D eigenvalue weighted by atomic mass is 10.2. The van der Waals surface area contributed by atoms with Gasteiger partial charge < -0.3 is 10.1 Å². The molecule has 5 heteroatoms. The van der Waals surface area contributed by atoms with Crippen LogP contribution in [-0.4, -0.2) is 18.1 Å². The van der Waals surface area contributed by atoms with Crippen LogP contribution >= 0.6 is 0 Å². The molecule has 19 heavy (non-hydrogen) atoms. The van der Waals surface area contributed by atoms with Crippen molar-refractivity contribution in [1.29, 1.82) is 0 Å². The smallest absolute Gasteiger partial charge is 0.387 e. The summed E-state index contributed by atoms with van der Waals surface area (Å²) in [6, 6.07) is 10.5. The van der Waals surface area contributed by atoms with Gasteiger partial charge in [-0.3, -0.25) is 4.98 Å². The number of anilines is 1. The van der Waals surface area contributed by atoms with Crippen molar-refractivity contribution in [2.24, 2.45) is 0 Å². The van der Waals surface area contributed by atoms with E-state index in [2.05, 4.69) is 15.0 Å². The van der Waals surface area contributed by atoms with Gasteiger partial charge in [-0.25, -0.2) is 0 Å². The standard InChI is InChI=1S/C14H14F2N2O/c15-14(16)19-13-4-2-1-3-12(13)18-10-7-11-5-8-17-9-6-11/h1-6,8-9,14,18H,7,10H2. The highest BCUT2D eigenvalue weighted by Gasteiger charge is 2.08. The molecule has 0 fully saturated rings. The highest BCUT2D eigenvalue weighted by Crippen LogP contribution is 2.25. The van der Waals surface area contributed by atoms with E-state index in [0.717, 1.165) is 12.0 Å². The number of ether oxygens (including phenoxy) is 1. The number of aromatic nitrogens is 1. The molecule has 0 saturated heterocycles. The van der Waals surface area contributed by atoms with Crippen LogP contribution in [0.4, 0.5) is 14.5 Å². The molecule has 0 bridgehead atoms. The molecule has 0 atom stereocenters. The van der Waals surface area contributed by atoms with Gasteiger partial charge in [0, 0.05) is 18.9 Å². The summed E-state index contributed by atoms with van der Waals surface area (Å²) in [6.07, 6.45) is 4.23. The Hall–Kier alpha value is -2.17. The van der Waals surface area contributed by atoms with Crippen molar-refractivity contribution >= 4 is 5.69 Å². The fraction of sp³-hybridized carbons (Fsp3) is 0.214. The molecule has 0 amide bonds. The summed E-state index contributed by atoms with van der Waals surface area (Å²) >= 11 is 0. The van der Waals surface area contributed by atoms with Crippen LogP contribution < -0.4 is 10.1 Å². The average Bonchev–Trinajstić information content (AvgIpc) is 2.41. The van der Waals surface area contributed by atoms with E-state index in [4.69, 9.17) is 0 Å². The molecule has 1 aromatic heterocycles. The molecule has 0 aliphatic carbocycles. The topological polar surface area (TPSA) is 34.1 Å². The van der Waals surface area contributed by atoms with Crippen LogP contribution in [0.2, 0.25) is 0 Å². The number of hydrogen-bond donors (Lipinski definition) is 1. The SMILES string of the molecule is FC(F)Oc1ccccc1NCCc1ccncc1. The zero-order chi connectivity index (χ0) is 13.5. The van der Waals surface area contributed by atoms with Gasteiger partial charge >= 0.3 is 6.61 Å². The van der Waals surface area contributed by atoms with Crippen molar-refractivity contribution < 1.29 is 13.5 Å². The number of benzene rings is 1. The molecule has 0 aliphatic rings. The number of para-hydroxylation sites is 2. The van der Waals surface area contributed by atoms with Crippen molar-refractivity contribution in [3.63, 3.8) is 0 Å². The van der Waals surface area contributed by atoms with E-state index in [1.54, 1.807) is 30.6 Å². The number of halogens is 2. The van der Waals surface area contributed by atoms with Crippen LogP contribution in [0.15, 0.2) is 48.8 Å². The molecule has 3 nitrogen and oxygen atoms in total. The van der Waals surface area contributed by atoms with Crippen LogP contribution in [0.5, 0.6) is 5.75 Å². The summed E-state index contributed by atoms with van der Waals surface area (Å²) in [5.41, 5.74) is 1.70. The maximum atomic E-state index is 12.2. The fourth-order valence-electron chi connectivity index (χ4n) is 1.70. The Kier molecular flexibility index (Phi) is 4.66. The van der Waals surface area contributed by atoms with Gasteiger partial charge in [0.2, 0.25) is 0 Å². The average molecular weight is 264 g/mol. The Morgan fingerprint density at radius 2 is 1.84 bits per heavy atom. The third kappa shape index (κ3) is 4.21. The lowest BCUT2D eigenvalue weighted by molar-refractivity contribution is -0.0493. The van der Waals surface area contributed by atoms with Crippen molar-refractivity contribution in [2.45, 2.75) is 13.0 Å². The lowest BCUT2D eigenvalue weighted by Gasteiger charge is -2.12. The minimum Gasteiger partial charge on any atom is -0.433 e. The molecule has 0 saturated carbocycles. The van der Waals surface area contributed by atoms with E-state index in [-0.39, 0.29) is 5.75 Å². The predicted octanol–water partition coefficient (Wildman–Crippen LogP) is 3.34. The van der Waals surface area contributed by atoms with Gasteiger partial charge in [0.25, 0.3) is 0 Å². The molecule has 0 unspecified atom stereocenters. The van der Waals surface area contributed by atoms with Crippen molar-refractivity contribution in [2.75, 3.05) is 11.9 Å². The molecule has 1 heterocycles. The maximum absolute atomic E-state index is 12.2. The largest absolute Gasteiger partial charge is 0.433 e. The molecule has 100 valence electrons. The minimum absolute atomic E-state index is 0.159. The molecule has 2 aromatic rings. The quantitative estimate of drug-likeness (QED) is 0.869. The first-order chi connectivity index (χ1) is 9.25. The Morgan fingerprint density at radius 1 is 1.11 bits per heavy atom. The molecule has 0 spiro atoms. The Labute approximate surface area is 110 Å². The van der Waals surface area contributed by atoms with Crippen LogP contribution in [0.1, 0.15) is 5.56 Å². The zero-order valence-electron chi connectivity index (χ0n) is 10.2. The molecular weight excluding hydrogens is 250 g/mol. The number of pyridine rings is 1. The monoisotopic (exact) mass is 264 g/mol. The third-order valence-corrected chi connectivity index (χ3v) is 2.58. The summed E-state index contributed by atoms with van der Waals surface area (Å²) in [6.45, 7) is -2.18. The van der Waals surface area contributed by atoms with Gasteiger partial charge in [-0.1, -0.05) is 12.1 Å². The number of nitrogens with zero attached hydrogens (tertiary/aromatic N) is 1. The Balaban J connectivity index is 1.92. The van der Waals surface area contributed by atoms with Gasteiger partial charge in [0.05, 0.1) is 5.69 Å². The fourth-order valence-corrected chi connectivity index (χ4v) is 1.70. The van der Waals surface area contributed by atoms with Crippen LogP contribution in [0.25, 0.3) is 0 Å². The van der Waals surface area contributed by atoms with E-state index in [0.29, 0.717) is 12.2 Å². The summed E-state index contributed by atoms with van der Waals surface area (Å²) in [5, 5.41) is 3.09. The van der Waals surface area contributed by atoms with Gasteiger partial charge in [0.1, 0.15) is 5.75 Å². The summed E-state index contributed by atoms with van der Waals surface area (Å²) in [5.74, 6) is 0.159. The molecule has 1 N–H and O–H groups in total. The second-order valence-corrected chi connectivity index (χ2v) is 3.91. The number of alkyl halides is 2. The summed E-state index contributed by atoms with van der Waals surface area (Å²) in [7, 11) is 0. The van der Waals surface area contributed by atoms with Gasteiger partial charge in [0.15, 0.2) is 0 Å². The predicted molar refractivity (Wildman–Crippen MR) is 69.5 cm³/mol. The number of rotatable bonds is 6. The molecule has 2 rings (SSSR count). The van der Waals surface area contributed by atoms with Gasteiger partial charge in [-0.15, -0.1) is 0 Å². The molecule has 1 aromatic carbocycles. The van der Waals surface area contributed by atoms with Crippen molar-refractivity contribution in [3.8, 4) is 5.75 Å². The van der Waals surface area contributed by atoms with Crippen LogP contribution in [-0.2, 0) is 6.42 Å². The second kappa shape index (κ2) is 6.68. The lowest BCUT2D eigenvalue weighted by Crippen LogP contribution is -2.08. The van der Waals surface area contributed by atoms with E-state index in [1.165, 1.54) is 6.07 Å². The second-order valence-electron chi connectivity index (χ2n) is 3.91. The number of hydrogen-bond acceptors (Lipinski definition) is 3. The molecular formula is C14H14F2N2O. The Bertz CT molecular complexity index is 506. The van der Waals surface area contributed by atoms with Crippen molar-refractivity contribution in [3.05, 3.63) is 54.4 Å². The molecule has 0 radical (unpaired) electrons. The highest BCUT2D eigenvalue weighted by molar-refractivity contribution is 5.56. The zero-order valence-corrected chi connectivity index (χ0v) is 10.2. The van der Waals surface area contributed by atoms with Crippen molar-refractivity contribution in [1.82, 2.24) is 4.98 Å². The van der Waals surface area contributed by atoms with E-state index in [1.807, 2.05) is 12.1 Å². The Morgan fingerprint density at radius 3 is 2.58 bits per heavy atom. The van der Waals surface area contributed by atoms with E-state index in [9.17, 15) is 8.78 Å². The first-order valence-corrected chi connectivity index (χ1v) is 5.92. The maximum Gasteiger partial charge on any atom is 0.387 e. The number of nitrogens with one attached hydrogen (secondary N) is 1. The van der Waals surface area contributed by atoms with Gasteiger partial charge in [-0.05, 0) is 36.2 Å². The third-order valence-electron chi connectivity index (χ3n) is 2.58. The normalized spacial score (nSPS) is 10.5. The first-order valence-electron chi connectivity index (χ1n) is 5.92. The van der Waals surface area contributed by atoms with Crippen LogP contribution in [0.3, 0.4) is 0 Å². The van der Waals surface area contributed by atoms with Crippen LogP contribution in [0, 0.1) is 0 Å². The minimum atomic E-state index is -2.82.